The van der Waals surface area contributed by atoms with Crippen molar-refractivity contribution in [1.29, 1.82) is 0 Å². The van der Waals surface area contributed by atoms with Gasteiger partial charge in [0.15, 0.2) is 5.58 Å². The first-order valence-electron chi connectivity index (χ1n) is 11.2. The van der Waals surface area contributed by atoms with Crippen molar-refractivity contribution in [1.82, 2.24) is 9.88 Å². The summed E-state index contributed by atoms with van der Waals surface area (Å²) in [5, 5.41) is 9.59. The van der Waals surface area contributed by atoms with Crippen molar-refractivity contribution in [2.75, 3.05) is 26.0 Å². The average Bonchev–Trinajstić information content (AvgIpc) is 3.27. The molecule has 1 fully saturated rings. The maximum atomic E-state index is 11.7. The second-order valence-corrected chi connectivity index (χ2v) is 9.24. The molecule has 34 heavy (non-hydrogen) atoms. The number of oxazole rings is 1. The summed E-state index contributed by atoms with van der Waals surface area (Å²) >= 11 is 1.62. The lowest BCUT2D eigenvalue weighted by Crippen LogP contribution is -2.49. The zero-order valence-corrected chi connectivity index (χ0v) is 20.0. The molecule has 7 heteroatoms. The van der Waals surface area contributed by atoms with E-state index >= 15 is 0 Å². The molecule has 2 heterocycles. The molecule has 5 rings (SSSR count). The molecule has 0 amide bonds. The number of morpholine rings is 1. The van der Waals surface area contributed by atoms with Crippen LogP contribution in [0.1, 0.15) is 11.1 Å². The van der Waals surface area contributed by atoms with Crippen molar-refractivity contribution in [3.8, 4) is 22.6 Å². The standard InChI is InChI=1S/C27H26N2O4S/c1-17-20(18-7-4-3-5-8-18)9-6-10-21(17)26-28-22-13-19(25(34-2)14-24(22)33-26)15-29-11-12-32-16-23(29)27(30)31/h3-10,13-14,23H,11-12,15-16H2,1-2H3,(H,30,31). The third-order valence-electron chi connectivity index (χ3n) is 6.34. The first-order valence-corrected chi connectivity index (χ1v) is 12.4. The summed E-state index contributed by atoms with van der Waals surface area (Å²) in [6, 6.07) is 19.9. The van der Waals surface area contributed by atoms with Gasteiger partial charge in [-0.25, -0.2) is 4.98 Å². The molecule has 0 bridgehead atoms. The third kappa shape index (κ3) is 4.34. The normalized spacial score (nSPS) is 16.7. The molecule has 1 aromatic heterocycles. The summed E-state index contributed by atoms with van der Waals surface area (Å²) in [6.45, 7) is 3.94. The van der Waals surface area contributed by atoms with E-state index in [9.17, 15) is 9.90 Å². The summed E-state index contributed by atoms with van der Waals surface area (Å²) in [7, 11) is 0. The van der Waals surface area contributed by atoms with Crippen LogP contribution in [0.15, 0.2) is 70.0 Å². The summed E-state index contributed by atoms with van der Waals surface area (Å²) in [6.07, 6.45) is 2.02. The third-order valence-corrected chi connectivity index (χ3v) is 7.16. The Labute approximate surface area is 202 Å². The number of benzene rings is 3. The van der Waals surface area contributed by atoms with Gasteiger partial charge in [0.05, 0.1) is 13.2 Å². The number of fused-ring (bicyclic) bond motifs is 1. The molecule has 1 N–H and O–H groups in total. The molecule has 1 saturated heterocycles. The molecule has 6 nitrogen and oxygen atoms in total. The number of aromatic nitrogens is 1. The van der Waals surface area contributed by atoms with Crippen molar-refractivity contribution < 1.29 is 19.1 Å². The average molecular weight is 475 g/mol. The molecule has 0 aliphatic carbocycles. The van der Waals surface area contributed by atoms with Crippen LogP contribution >= 0.6 is 11.8 Å². The molecule has 0 radical (unpaired) electrons. The number of nitrogens with zero attached hydrogens (tertiary/aromatic N) is 2. The molecule has 1 aliphatic heterocycles. The fourth-order valence-electron chi connectivity index (χ4n) is 4.50. The molecule has 4 aromatic rings. The minimum absolute atomic E-state index is 0.206. The van der Waals surface area contributed by atoms with E-state index in [0.717, 1.165) is 43.8 Å². The van der Waals surface area contributed by atoms with Gasteiger partial charge in [-0.3, -0.25) is 9.69 Å². The van der Waals surface area contributed by atoms with Gasteiger partial charge in [0.2, 0.25) is 5.89 Å². The predicted molar refractivity (Wildman–Crippen MR) is 134 cm³/mol. The van der Waals surface area contributed by atoms with Gasteiger partial charge in [-0.15, -0.1) is 11.8 Å². The summed E-state index contributed by atoms with van der Waals surface area (Å²) in [4.78, 5) is 19.5. The van der Waals surface area contributed by atoms with Gasteiger partial charge in [0.25, 0.3) is 0 Å². The molecular formula is C27H26N2O4S. The largest absolute Gasteiger partial charge is 0.480 e. The number of carboxylic acid groups (broad SMARTS) is 1. The van der Waals surface area contributed by atoms with E-state index in [1.807, 2.05) is 53.6 Å². The van der Waals surface area contributed by atoms with Crippen LogP contribution in [0.3, 0.4) is 0 Å². The Bertz CT molecular complexity index is 1340. The summed E-state index contributed by atoms with van der Waals surface area (Å²) < 4.78 is 11.6. The Morgan fingerprint density at radius 3 is 2.71 bits per heavy atom. The van der Waals surface area contributed by atoms with Crippen LogP contribution < -0.4 is 0 Å². The molecule has 1 aliphatic rings. The van der Waals surface area contributed by atoms with Crippen molar-refractivity contribution in [3.05, 3.63) is 71.8 Å². The van der Waals surface area contributed by atoms with Crippen LogP contribution in [-0.4, -0.2) is 53.0 Å². The van der Waals surface area contributed by atoms with Crippen molar-refractivity contribution in [2.24, 2.45) is 0 Å². The highest BCUT2D eigenvalue weighted by molar-refractivity contribution is 7.98. The maximum Gasteiger partial charge on any atom is 0.323 e. The quantitative estimate of drug-likeness (QED) is 0.371. The monoisotopic (exact) mass is 474 g/mol. The molecule has 1 unspecified atom stereocenters. The Balaban J connectivity index is 1.52. The topological polar surface area (TPSA) is 75.8 Å². The molecule has 174 valence electrons. The van der Waals surface area contributed by atoms with Crippen LogP contribution in [0.2, 0.25) is 0 Å². The van der Waals surface area contributed by atoms with Gasteiger partial charge >= 0.3 is 5.97 Å². The number of carboxylic acids is 1. The zero-order valence-electron chi connectivity index (χ0n) is 19.2. The Hall–Kier alpha value is -3.13. The fraction of sp³-hybridized carbons (Fsp3) is 0.259. The maximum absolute atomic E-state index is 11.7. The number of carbonyl (C=O) groups is 1. The molecule has 0 saturated carbocycles. The lowest BCUT2D eigenvalue weighted by atomic mass is 9.96. The minimum atomic E-state index is -0.857. The second kappa shape index (κ2) is 9.62. The first-order chi connectivity index (χ1) is 16.5. The van der Waals surface area contributed by atoms with Crippen molar-refractivity contribution >= 4 is 28.8 Å². The van der Waals surface area contributed by atoms with Crippen molar-refractivity contribution in [2.45, 2.75) is 24.4 Å². The van der Waals surface area contributed by atoms with Gasteiger partial charge in [-0.05, 0) is 53.6 Å². The zero-order chi connectivity index (χ0) is 23.7. The number of rotatable bonds is 6. The Morgan fingerprint density at radius 1 is 1.15 bits per heavy atom. The van der Waals surface area contributed by atoms with E-state index in [1.54, 1.807) is 11.8 Å². The van der Waals surface area contributed by atoms with Crippen LogP contribution in [0.4, 0.5) is 0 Å². The van der Waals surface area contributed by atoms with Gasteiger partial charge < -0.3 is 14.3 Å². The van der Waals surface area contributed by atoms with E-state index < -0.39 is 12.0 Å². The Kier molecular flexibility index (Phi) is 6.41. The van der Waals surface area contributed by atoms with Crippen LogP contribution in [0.5, 0.6) is 0 Å². The van der Waals surface area contributed by atoms with Gasteiger partial charge in [-0.2, -0.15) is 0 Å². The van der Waals surface area contributed by atoms with Crippen LogP contribution in [-0.2, 0) is 16.1 Å². The first kappa shape index (κ1) is 22.7. The Morgan fingerprint density at radius 2 is 1.94 bits per heavy atom. The number of hydrogen-bond acceptors (Lipinski definition) is 6. The van der Waals surface area contributed by atoms with Crippen molar-refractivity contribution in [3.63, 3.8) is 0 Å². The predicted octanol–water partition coefficient (Wildman–Crippen LogP) is 5.48. The molecule has 0 spiro atoms. The summed E-state index contributed by atoms with van der Waals surface area (Å²) in [5.74, 6) is -0.270. The van der Waals surface area contributed by atoms with E-state index in [0.29, 0.717) is 25.6 Å². The summed E-state index contributed by atoms with van der Waals surface area (Å²) in [5.41, 5.74) is 6.92. The van der Waals surface area contributed by atoms with Crippen LogP contribution in [0, 0.1) is 6.92 Å². The van der Waals surface area contributed by atoms with Gasteiger partial charge in [0, 0.05) is 23.5 Å². The van der Waals surface area contributed by atoms with E-state index in [1.165, 1.54) is 0 Å². The van der Waals surface area contributed by atoms with E-state index in [-0.39, 0.29) is 6.61 Å². The smallest absolute Gasteiger partial charge is 0.323 e. The lowest BCUT2D eigenvalue weighted by molar-refractivity contribution is -0.150. The highest BCUT2D eigenvalue weighted by Gasteiger charge is 2.30. The number of thioether (sulfide) groups is 1. The minimum Gasteiger partial charge on any atom is -0.480 e. The number of ether oxygens (including phenoxy) is 1. The second-order valence-electron chi connectivity index (χ2n) is 8.39. The number of hydrogen-bond donors (Lipinski definition) is 1. The number of aliphatic carboxylic acids is 1. The SMILES string of the molecule is CSc1cc2oc(-c3cccc(-c4ccccc4)c3C)nc2cc1CN1CCOCC1C(=O)O. The van der Waals surface area contributed by atoms with E-state index in [4.69, 9.17) is 14.1 Å². The molecule has 3 aromatic carbocycles. The highest BCUT2D eigenvalue weighted by Crippen LogP contribution is 2.35. The lowest BCUT2D eigenvalue weighted by Gasteiger charge is -2.33. The molecular weight excluding hydrogens is 448 g/mol. The van der Waals surface area contributed by atoms with Gasteiger partial charge in [0.1, 0.15) is 11.6 Å². The van der Waals surface area contributed by atoms with Crippen LogP contribution in [0.25, 0.3) is 33.7 Å². The van der Waals surface area contributed by atoms with E-state index in [2.05, 4.69) is 25.1 Å². The fourth-order valence-corrected chi connectivity index (χ4v) is 5.11. The molecule has 1 atom stereocenters. The van der Waals surface area contributed by atoms with Gasteiger partial charge in [-0.1, -0.05) is 42.5 Å². The highest BCUT2D eigenvalue weighted by atomic mass is 32.2.